The van der Waals surface area contributed by atoms with Gasteiger partial charge in [0.2, 0.25) is 0 Å². The monoisotopic (exact) mass is 598 g/mol. The molecule has 2 heteroatoms. The van der Waals surface area contributed by atoms with Gasteiger partial charge in [-0.15, -0.1) is 0 Å². The fraction of sp³-hybridized carbons (Fsp3) is 0. The van der Waals surface area contributed by atoms with Gasteiger partial charge < -0.3 is 4.98 Å². The molecule has 0 aliphatic rings. The highest BCUT2D eigenvalue weighted by Gasteiger charge is 2.21. The molecule has 9 aromatic rings. The summed E-state index contributed by atoms with van der Waals surface area (Å²) in [6.45, 7) is 0. The molecule has 0 bridgehead atoms. The van der Waals surface area contributed by atoms with E-state index in [2.05, 4.69) is 174 Å². The average molecular weight is 599 g/mol. The predicted octanol–water partition coefficient (Wildman–Crippen LogP) is 12.2. The van der Waals surface area contributed by atoms with Crippen molar-refractivity contribution >= 4 is 32.3 Å². The van der Waals surface area contributed by atoms with Gasteiger partial charge in [0.05, 0.1) is 0 Å². The molecule has 47 heavy (non-hydrogen) atoms. The molecule has 2 nitrogen and oxygen atoms in total. The zero-order chi connectivity index (χ0) is 31.2. The molecule has 1 N–H and O–H groups in total. The zero-order valence-corrected chi connectivity index (χ0v) is 25.7. The number of benzene rings is 8. The second kappa shape index (κ2) is 11.3. The van der Waals surface area contributed by atoms with Crippen LogP contribution in [-0.4, -0.2) is 9.97 Å². The van der Waals surface area contributed by atoms with Gasteiger partial charge in [0.15, 0.2) is 0 Å². The molecule has 1 aromatic heterocycles. The van der Waals surface area contributed by atoms with E-state index in [9.17, 15) is 0 Å². The highest BCUT2D eigenvalue weighted by atomic mass is 14.9. The van der Waals surface area contributed by atoms with Gasteiger partial charge in [0.25, 0.3) is 0 Å². The van der Waals surface area contributed by atoms with Gasteiger partial charge in [-0.05, 0) is 89.0 Å². The van der Waals surface area contributed by atoms with Crippen LogP contribution in [0.2, 0.25) is 0 Å². The first-order chi connectivity index (χ1) is 23.3. The first-order valence-electron chi connectivity index (χ1n) is 16.0. The van der Waals surface area contributed by atoms with Gasteiger partial charge in [-0.1, -0.05) is 152 Å². The average Bonchev–Trinajstić information content (AvgIpc) is 3.69. The van der Waals surface area contributed by atoms with Gasteiger partial charge >= 0.3 is 0 Å². The fourth-order valence-electron chi connectivity index (χ4n) is 7.22. The Hall–Kier alpha value is -6.25. The summed E-state index contributed by atoms with van der Waals surface area (Å²) >= 11 is 0. The lowest BCUT2D eigenvalue weighted by atomic mass is 9.82. The van der Waals surface area contributed by atoms with Gasteiger partial charge in [-0.25, -0.2) is 4.98 Å². The highest BCUT2D eigenvalue weighted by molar-refractivity contribution is 6.25. The molecule has 0 fully saturated rings. The van der Waals surface area contributed by atoms with Crippen molar-refractivity contribution < 1.29 is 0 Å². The lowest BCUT2D eigenvalue weighted by molar-refractivity contribution is 1.31. The Kier molecular flexibility index (Phi) is 6.50. The quantitative estimate of drug-likeness (QED) is 0.196. The number of nitrogens with zero attached hydrogens (tertiary/aromatic N) is 1. The Morgan fingerprint density at radius 1 is 0.383 bits per heavy atom. The van der Waals surface area contributed by atoms with Crippen molar-refractivity contribution in [1.29, 1.82) is 0 Å². The van der Waals surface area contributed by atoms with Crippen LogP contribution in [0.4, 0.5) is 0 Å². The van der Waals surface area contributed by atoms with Crippen LogP contribution in [0.1, 0.15) is 0 Å². The van der Waals surface area contributed by atoms with Crippen LogP contribution in [0, 0.1) is 0 Å². The van der Waals surface area contributed by atoms with Gasteiger partial charge in [-0.2, -0.15) is 0 Å². The molecule has 0 aliphatic heterocycles. The number of imidazole rings is 1. The Balaban J connectivity index is 1.42. The Morgan fingerprint density at radius 3 is 1.74 bits per heavy atom. The molecule has 0 saturated heterocycles. The second-order valence-electron chi connectivity index (χ2n) is 12.0. The first kappa shape index (κ1) is 27.1. The van der Waals surface area contributed by atoms with Crippen LogP contribution in [0.15, 0.2) is 176 Å². The van der Waals surface area contributed by atoms with Crippen LogP contribution >= 0.6 is 0 Å². The van der Waals surface area contributed by atoms with Crippen molar-refractivity contribution in [3.63, 3.8) is 0 Å². The summed E-state index contributed by atoms with van der Waals surface area (Å²) in [5.41, 5.74) is 10.7. The molecule has 0 saturated carbocycles. The van der Waals surface area contributed by atoms with Crippen molar-refractivity contribution in [3.8, 4) is 55.9 Å². The zero-order valence-electron chi connectivity index (χ0n) is 25.7. The maximum absolute atomic E-state index is 4.64. The van der Waals surface area contributed by atoms with Crippen molar-refractivity contribution in [2.45, 2.75) is 0 Å². The van der Waals surface area contributed by atoms with E-state index < -0.39 is 0 Å². The van der Waals surface area contributed by atoms with E-state index >= 15 is 0 Å². The van der Waals surface area contributed by atoms with Gasteiger partial charge in [-0.3, -0.25) is 0 Å². The molecule has 8 aromatic carbocycles. The smallest absolute Gasteiger partial charge is 0.137 e. The molecule has 0 amide bonds. The highest BCUT2D eigenvalue weighted by Crippen LogP contribution is 2.48. The molecular weight excluding hydrogens is 569 g/mol. The van der Waals surface area contributed by atoms with Crippen molar-refractivity contribution in [3.05, 3.63) is 176 Å². The molecule has 220 valence electrons. The van der Waals surface area contributed by atoms with E-state index in [0.717, 1.165) is 22.5 Å². The van der Waals surface area contributed by atoms with E-state index in [1.807, 2.05) is 12.4 Å². The Bertz CT molecular complexity index is 2550. The summed E-state index contributed by atoms with van der Waals surface area (Å²) in [6, 6.07) is 59.5. The maximum atomic E-state index is 4.64. The molecule has 0 aliphatic carbocycles. The lowest BCUT2D eigenvalue weighted by Crippen LogP contribution is -1.95. The molecule has 0 atom stereocenters. The summed E-state index contributed by atoms with van der Waals surface area (Å²) in [7, 11) is 0. The normalized spacial score (nSPS) is 11.4. The largest absolute Gasteiger partial charge is 0.345 e. The maximum Gasteiger partial charge on any atom is 0.137 e. The van der Waals surface area contributed by atoms with Gasteiger partial charge in [0.1, 0.15) is 5.82 Å². The minimum absolute atomic E-state index is 0.863. The second-order valence-corrected chi connectivity index (χ2v) is 12.0. The summed E-state index contributed by atoms with van der Waals surface area (Å²) < 4.78 is 0. The summed E-state index contributed by atoms with van der Waals surface area (Å²) in [5, 5.41) is 7.46. The Morgan fingerprint density at radius 2 is 1.00 bits per heavy atom. The Labute approximate surface area is 273 Å². The molecule has 9 rings (SSSR count). The van der Waals surface area contributed by atoms with E-state index in [1.165, 1.54) is 65.7 Å². The minimum Gasteiger partial charge on any atom is -0.345 e. The van der Waals surface area contributed by atoms with E-state index in [-0.39, 0.29) is 0 Å². The SMILES string of the molecule is c1ccc(-c2cc(-c3c4ccccc4c(-c4ccc5ccccc5c4)c4cccc(-c5ccccc5)c34)ccc2-c2ncc[nH]2)cc1. The van der Waals surface area contributed by atoms with Crippen LogP contribution < -0.4 is 0 Å². The van der Waals surface area contributed by atoms with E-state index in [4.69, 9.17) is 0 Å². The van der Waals surface area contributed by atoms with Crippen LogP contribution in [-0.2, 0) is 0 Å². The number of hydrogen-bond acceptors (Lipinski definition) is 1. The molecule has 0 unspecified atom stereocenters. The number of fused-ring (bicyclic) bond motifs is 3. The third-order valence-corrected chi connectivity index (χ3v) is 9.32. The number of nitrogens with one attached hydrogen (secondary N) is 1. The molecule has 0 radical (unpaired) electrons. The number of H-pyrrole nitrogens is 1. The summed E-state index contributed by atoms with van der Waals surface area (Å²) in [5.74, 6) is 0.863. The molecule has 1 heterocycles. The molecule has 0 spiro atoms. The van der Waals surface area contributed by atoms with Crippen LogP contribution in [0.3, 0.4) is 0 Å². The van der Waals surface area contributed by atoms with Crippen LogP contribution in [0.25, 0.3) is 88.2 Å². The number of aromatic nitrogens is 2. The standard InChI is InChI=1S/C45H30N2/c1-3-13-31(14-4-1)36-20-11-21-40-42(34-23-22-30-12-7-8-17-33(30)28-34)37-18-9-10-19-38(37)43(44(36)40)35-24-25-39(45-46-26-27-47-45)41(29-35)32-15-5-2-6-16-32/h1-29H,(H,46,47). The van der Waals surface area contributed by atoms with Crippen LogP contribution in [0.5, 0.6) is 0 Å². The number of hydrogen-bond donors (Lipinski definition) is 1. The summed E-state index contributed by atoms with van der Waals surface area (Å²) in [6.07, 6.45) is 3.70. The molecular formula is C45H30N2. The number of aromatic amines is 1. The predicted molar refractivity (Wildman–Crippen MR) is 198 cm³/mol. The first-order valence-corrected chi connectivity index (χ1v) is 16.0. The minimum atomic E-state index is 0.863. The van der Waals surface area contributed by atoms with Crippen molar-refractivity contribution in [2.24, 2.45) is 0 Å². The third kappa shape index (κ3) is 4.62. The lowest BCUT2D eigenvalue weighted by Gasteiger charge is -2.21. The fourth-order valence-corrected chi connectivity index (χ4v) is 7.22. The van der Waals surface area contributed by atoms with Gasteiger partial charge in [0, 0.05) is 18.0 Å². The van der Waals surface area contributed by atoms with Crippen molar-refractivity contribution in [2.75, 3.05) is 0 Å². The number of rotatable bonds is 5. The van der Waals surface area contributed by atoms with E-state index in [0.29, 0.717) is 0 Å². The van der Waals surface area contributed by atoms with E-state index in [1.54, 1.807) is 0 Å². The third-order valence-electron chi connectivity index (χ3n) is 9.32. The summed E-state index contributed by atoms with van der Waals surface area (Å²) in [4.78, 5) is 7.98. The topological polar surface area (TPSA) is 28.7 Å². The van der Waals surface area contributed by atoms with Crippen molar-refractivity contribution in [1.82, 2.24) is 9.97 Å².